The summed E-state index contributed by atoms with van der Waals surface area (Å²) in [5.74, 6) is -12.1. The normalized spacial score (nSPS) is 15.9. The molecule has 5 amide bonds. The fourth-order valence-corrected chi connectivity index (χ4v) is 13.0. The van der Waals surface area contributed by atoms with E-state index in [1.807, 2.05) is 11.4 Å². The molecule has 93 heavy (non-hydrogen) atoms. The van der Waals surface area contributed by atoms with Gasteiger partial charge >= 0.3 is 23.9 Å². The molecule has 2 aromatic carbocycles. The van der Waals surface area contributed by atoms with E-state index in [1.165, 1.54) is 51.1 Å². The highest BCUT2D eigenvalue weighted by Gasteiger charge is 2.34. The van der Waals surface area contributed by atoms with Gasteiger partial charge in [-0.2, -0.15) is 21.6 Å². The minimum absolute atomic E-state index is 0.0325. The van der Waals surface area contributed by atoms with Gasteiger partial charge < -0.3 is 57.1 Å². The summed E-state index contributed by atoms with van der Waals surface area (Å²) in [5, 5.41) is 53.0. The van der Waals surface area contributed by atoms with Crippen LogP contribution in [0, 0.1) is 13.8 Å². The zero-order valence-corrected chi connectivity index (χ0v) is 53.7. The van der Waals surface area contributed by atoms with Crippen LogP contribution in [0.25, 0.3) is 0 Å². The number of hydrogen-bond donors (Lipinski definition) is 13. The number of hydrogen-bond acceptors (Lipinski definition) is 22. The van der Waals surface area contributed by atoms with Crippen LogP contribution in [0.15, 0.2) is 53.4 Å². The van der Waals surface area contributed by atoms with Crippen molar-refractivity contribution in [3.8, 4) is 5.75 Å². The van der Waals surface area contributed by atoms with Crippen molar-refractivity contribution in [2.45, 2.75) is 75.4 Å². The van der Waals surface area contributed by atoms with Crippen molar-refractivity contribution in [2.24, 2.45) is 0 Å². The van der Waals surface area contributed by atoms with Crippen molar-refractivity contribution in [3.05, 3.63) is 82.0 Å². The smallest absolute Gasteiger partial charge is 0.323 e. The fourth-order valence-electron chi connectivity index (χ4n) is 10.1. The molecule has 0 spiro atoms. The summed E-state index contributed by atoms with van der Waals surface area (Å²) in [6.07, 6.45) is 3.33. The van der Waals surface area contributed by atoms with E-state index in [-0.39, 0.29) is 106 Å². The van der Waals surface area contributed by atoms with Gasteiger partial charge in [-0.1, -0.05) is 18.2 Å². The first-order chi connectivity index (χ1) is 43.7. The van der Waals surface area contributed by atoms with Crippen LogP contribution >= 0.6 is 0 Å². The van der Waals surface area contributed by atoms with Gasteiger partial charge in [0.15, 0.2) is 0 Å². The molecular weight excluding hydrogens is 1290 g/mol. The van der Waals surface area contributed by atoms with Gasteiger partial charge in [0, 0.05) is 96.2 Å². The van der Waals surface area contributed by atoms with Crippen molar-refractivity contribution in [1.29, 1.82) is 0 Å². The number of carbonyl (C=O) groups excluding carboxylic acids is 5. The second-order valence-electron chi connectivity index (χ2n) is 22.2. The van der Waals surface area contributed by atoms with E-state index in [0.717, 1.165) is 36.5 Å². The molecule has 0 bridgehead atoms. The second-order valence-corrected chi connectivity index (χ2v) is 26.8. The minimum atomic E-state index is -5.11. The molecule has 0 aliphatic carbocycles. The summed E-state index contributed by atoms with van der Waals surface area (Å²) in [5.41, 5.74) is 3.65. The first-order valence-corrected chi connectivity index (χ1v) is 34.1. The summed E-state index contributed by atoms with van der Waals surface area (Å²) in [4.78, 5) is 123. The van der Waals surface area contributed by atoms with Crippen LogP contribution in [0.4, 0.5) is 5.82 Å². The van der Waals surface area contributed by atoms with Gasteiger partial charge in [0.25, 0.3) is 26.1 Å². The largest absolute Gasteiger partial charge is 0.494 e. The Morgan fingerprint density at radius 2 is 1.13 bits per heavy atom. The average molecular weight is 1370 g/mol. The average Bonchev–Trinajstić information content (AvgIpc) is 0.828. The van der Waals surface area contributed by atoms with Crippen LogP contribution in [-0.2, 0) is 87.9 Å². The number of nitrogens with zero attached hydrogens (tertiary/aromatic N) is 5. The third-order valence-corrected chi connectivity index (χ3v) is 17.9. The van der Waals surface area contributed by atoms with Gasteiger partial charge in [-0.15, -0.1) is 0 Å². The lowest BCUT2D eigenvalue weighted by Gasteiger charge is -2.33. The van der Waals surface area contributed by atoms with Crippen LogP contribution in [0.1, 0.15) is 57.6 Å². The molecule has 37 heteroatoms. The van der Waals surface area contributed by atoms with Crippen LogP contribution in [0.2, 0.25) is 0 Å². The minimum Gasteiger partial charge on any atom is -0.494 e. The summed E-state index contributed by atoms with van der Waals surface area (Å²) < 4.78 is 103. The highest BCUT2D eigenvalue weighted by atomic mass is 32.2. The number of anilines is 1. The highest BCUT2D eigenvalue weighted by Crippen LogP contribution is 2.27. The molecule has 0 saturated carbocycles. The van der Waals surface area contributed by atoms with E-state index >= 15 is 0 Å². The fraction of sp³-hybridized carbons (Fsp3) is 0.536. The lowest BCUT2D eigenvalue weighted by molar-refractivity contribution is -0.140. The zero-order chi connectivity index (χ0) is 68.6. The molecule has 0 radical (unpaired) electrons. The van der Waals surface area contributed by atoms with Crippen LogP contribution in [-0.4, -0.2) is 274 Å². The number of pyridine rings is 1. The van der Waals surface area contributed by atoms with Crippen molar-refractivity contribution in [1.82, 2.24) is 55.9 Å². The number of carboxylic acid groups (broad SMARTS) is 4. The Labute approximate surface area is 537 Å². The number of benzene rings is 2. The molecule has 1 fully saturated rings. The van der Waals surface area contributed by atoms with E-state index < -0.39 is 153 Å². The summed E-state index contributed by atoms with van der Waals surface area (Å²) in [7, 11) is -14.7. The molecule has 5 rings (SSSR count). The van der Waals surface area contributed by atoms with E-state index in [1.54, 1.807) is 24.3 Å². The lowest BCUT2D eigenvalue weighted by atomic mass is 10.0. The van der Waals surface area contributed by atoms with Crippen molar-refractivity contribution in [2.75, 3.05) is 128 Å². The first-order valence-electron chi connectivity index (χ1n) is 29.4. The van der Waals surface area contributed by atoms with E-state index in [0.29, 0.717) is 12.8 Å². The number of carboxylic acids is 4. The number of aromatic nitrogens is 1. The van der Waals surface area contributed by atoms with E-state index in [4.69, 9.17) is 9.72 Å². The zero-order valence-electron chi connectivity index (χ0n) is 51.2. The van der Waals surface area contributed by atoms with Crippen LogP contribution in [0.5, 0.6) is 5.75 Å². The van der Waals surface area contributed by atoms with Crippen molar-refractivity contribution in [3.63, 3.8) is 0 Å². The number of rotatable bonds is 34. The predicted octanol–water partition coefficient (Wildman–Crippen LogP) is -3.38. The maximum Gasteiger partial charge on any atom is 0.323 e. The van der Waals surface area contributed by atoms with Crippen molar-refractivity contribution >= 4 is 89.5 Å². The predicted molar refractivity (Wildman–Crippen MR) is 331 cm³/mol. The number of ether oxygens (including phenoxy) is 1. The first kappa shape index (κ1) is 75.7. The molecule has 13 N–H and O–H groups in total. The Balaban J connectivity index is 1.08. The Kier molecular flexibility index (Phi) is 29.2. The van der Waals surface area contributed by atoms with Crippen molar-refractivity contribution < 1.29 is 103 Å². The lowest BCUT2D eigenvalue weighted by Crippen LogP contribution is -2.58. The monoisotopic (exact) mass is 1370 g/mol. The van der Waals surface area contributed by atoms with Gasteiger partial charge in [-0.3, -0.25) is 71.9 Å². The van der Waals surface area contributed by atoms with Gasteiger partial charge in [0.05, 0.1) is 37.7 Å². The maximum atomic E-state index is 13.6. The SMILES string of the molecule is Cc1cc(OCCCC(=O)NCCNC(=O)[C@H](CS(=O)(=O)O)NC(=O)[C@H](CS(=O)(=O)O)NC(=O)CN2CCN(CC(=O)O)CCN(CC(=O)O)CCN(CC(=O)O)CC2)cc(C)c1S(=O)(=O)NC(CNC(=O)c1ccc(CCc2ccc3c(n2)NCCC3)cc1)C(=O)O. The Bertz CT molecular complexity index is 3450. The number of carbonyl (C=O) groups is 9. The molecule has 2 aliphatic rings. The number of fused-ring (bicyclic) bond motifs is 1. The number of nitrogens with one attached hydrogen (secondary N) is 7. The molecule has 1 aromatic heterocycles. The molecule has 514 valence electrons. The second kappa shape index (κ2) is 35.9. The van der Waals surface area contributed by atoms with Gasteiger partial charge in [0.2, 0.25) is 33.7 Å². The van der Waals surface area contributed by atoms with Gasteiger partial charge in [-0.05, 0) is 98.5 Å². The van der Waals surface area contributed by atoms with Gasteiger partial charge in [-0.25, -0.2) is 13.4 Å². The third-order valence-electron chi connectivity index (χ3n) is 14.6. The standard InChI is InChI=1S/C56H80N12O22S3/c1-36-27-42(28-37(2)51(36)93(88,89)64-43(56(80)81)29-60-53(77)40-10-7-38(8-11-40)9-13-41-14-12-39-5-3-15-58-52(39)61-41)90-26-4-6-46(69)57-16-17-59-54(78)44(34-91(82,83)84)63-55(79)45(35-92(85,86)87)62-47(70)30-65-18-20-66(31-48(71)72)22-24-68(33-50(75)76)25-23-67(21-19-65)32-49(73)74/h7-8,10-12,14,27-28,43-45,64H,3-6,9,13,15-26,29-35H2,1-2H3,(H,57,69)(H,58,61)(H,59,78)(H,60,77)(H,62,70)(H,63,79)(H,71,72)(H,73,74)(H,75,76)(H,80,81)(H,82,83,84)(H,85,86,87)/t43?,44-,45-/m0/s1. The number of aryl methyl sites for hydroxylation is 5. The molecule has 2 aliphatic heterocycles. The van der Waals surface area contributed by atoms with E-state index in [9.17, 15) is 97.9 Å². The summed E-state index contributed by atoms with van der Waals surface area (Å²) >= 11 is 0. The topological polar surface area (TPSA) is 497 Å². The summed E-state index contributed by atoms with van der Waals surface area (Å²) in [6, 6.07) is 7.47. The number of sulfonamides is 1. The highest BCUT2D eigenvalue weighted by molar-refractivity contribution is 7.89. The molecule has 3 heterocycles. The molecule has 3 aromatic rings. The molecule has 1 saturated heterocycles. The van der Waals surface area contributed by atoms with Gasteiger partial charge in [0.1, 0.15) is 41.2 Å². The number of aliphatic carboxylic acids is 4. The van der Waals surface area contributed by atoms with E-state index in [2.05, 4.69) is 37.4 Å². The number of amides is 5. The maximum absolute atomic E-state index is 13.6. The van der Waals surface area contributed by atoms with Crippen LogP contribution < -0.4 is 41.4 Å². The molecular formula is C56H80N12O22S3. The Morgan fingerprint density at radius 3 is 1.65 bits per heavy atom. The quantitative estimate of drug-likeness (QED) is 0.0205. The molecule has 34 nitrogen and oxygen atoms in total. The molecule has 3 atom stereocenters. The summed E-state index contributed by atoms with van der Waals surface area (Å²) in [6.45, 7) is 0.425. The Morgan fingerprint density at radius 1 is 0.613 bits per heavy atom. The third kappa shape index (κ3) is 27.6. The molecule has 1 unspecified atom stereocenters. The Hall–Kier alpha value is -8.01. The van der Waals surface area contributed by atoms with Crippen LogP contribution in [0.3, 0.4) is 0 Å².